The minimum Gasteiger partial charge on any atom is -0.423 e. The summed E-state index contributed by atoms with van der Waals surface area (Å²) in [7, 11) is 0. The standard InChI is InChI=1S/C18H19N3O/c1-2-5-13(6-3-1)15-7-4-8-16-17(15)22-18(21-16)20-14-9-11-19-12-10-14/h1-8,14,19H,9-12H2,(H,20,21). The van der Waals surface area contributed by atoms with E-state index in [1.807, 2.05) is 30.3 Å². The van der Waals surface area contributed by atoms with Gasteiger partial charge in [0.25, 0.3) is 6.01 Å². The van der Waals surface area contributed by atoms with Gasteiger partial charge in [-0.25, -0.2) is 0 Å². The Hall–Kier alpha value is -2.33. The zero-order chi connectivity index (χ0) is 14.8. The molecular weight excluding hydrogens is 274 g/mol. The highest BCUT2D eigenvalue weighted by Gasteiger charge is 2.16. The van der Waals surface area contributed by atoms with E-state index in [1.165, 1.54) is 0 Å². The fourth-order valence-electron chi connectivity index (χ4n) is 3.00. The maximum Gasteiger partial charge on any atom is 0.295 e. The van der Waals surface area contributed by atoms with E-state index in [9.17, 15) is 0 Å². The van der Waals surface area contributed by atoms with Gasteiger partial charge in [-0.1, -0.05) is 42.5 Å². The van der Waals surface area contributed by atoms with Gasteiger partial charge in [0.2, 0.25) is 0 Å². The van der Waals surface area contributed by atoms with E-state index in [4.69, 9.17) is 4.42 Å². The van der Waals surface area contributed by atoms with Crippen molar-refractivity contribution in [1.82, 2.24) is 10.3 Å². The molecule has 0 unspecified atom stereocenters. The number of nitrogens with zero attached hydrogens (tertiary/aromatic N) is 1. The Morgan fingerprint density at radius 2 is 1.82 bits per heavy atom. The second-order valence-corrected chi connectivity index (χ2v) is 5.71. The molecule has 1 fully saturated rings. The van der Waals surface area contributed by atoms with E-state index < -0.39 is 0 Å². The van der Waals surface area contributed by atoms with Crippen LogP contribution in [0.1, 0.15) is 12.8 Å². The van der Waals surface area contributed by atoms with Crippen molar-refractivity contribution in [3.05, 3.63) is 48.5 Å². The molecule has 0 radical (unpaired) electrons. The zero-order valence-corrected chi connectivity index (χ0v) is 12.4. The highest BCUT2D eigenvalue weighted by Crippen LogP contribution is 2.30. The second-order valence-electron chi connectivity index (χ2n) is 5.71. The summed E-state index contributed by atoms with van der Waals surface area (Å²) in [5.41, 5.74) is 3.99. The minimum atomic E-state index is 0.439. The number of aromatic nitrogens is 1. The largest absolute Gasteiger partial charge is 0.423 e. The highest BCUT2D eigenvalue weighted by atomic mass is 16.4. The van der Waals surface area contributed by atoms with E-state index in [1.54, 1.807) is 0 Å². The van der Waals surface area contributed by atoms with E-state index in [0.29, 0.717) is 12.1 Å². The van der Waals surface area contributed by atoms with E-state index in [2.05, 4.69) is 33.8 Å². The molecule has 0 atom stereocenters. The van der Waals surface area contributed by atoms with Gasteiger partial charge in [-0.05, 0) is 37.6 Å². The smallest absolute Gasteiger partial charge is 0.295 e. The summed E-state index contributed by atoms with van der Waals surface area (Å²) in [6, 6.07) is 17.5. The molecule has 4 heteroatoms. The molecule has 1 aliphatic rings. The SMILES string of the molecule is c1ccc(-c2cccc3nc(NC4CCNCC4)oc23)cc1. The fourth-order valence-corrected chi connectivity index (χ4v) is 3.00. The molecule has 0 spiro atoms. The summed E-state index contributed by atoms with van der Waals surface area (Å²) in [5, 5.41) is 6.80. The molecule has 1 aromatic heterocycles. The van der Waals surface area contributed by atoms with Crippen molar-refractivity contribution in [3.63, 3.8) is 0 Å². The molecule has 0 aliphatic carbocycles. The van der Waals surface area contributed by atoms with E-state index >= 15 is 0 Å². The molecule has 1 saturated heterocycles. The van der Waals surface area contributed by atoms with Gasteiger partial charge in [0.1, 0.15) is 5.52 Å². The van der Waals surface area contributed by atoms with Crippen LogP contribution in [0.4, 0.5) is 6.01 Å². The number of piperidine rings is 1. The molecule has 0 bridgehead atoms. The number of hydrogen-bond acceptors (Lipinski definition) is 4. The predicted molar refractivity (Wildman–Crippen MR) is 89.0 cm³/mol. The van der Waals surface area contributed by atoms with Gasteiger partial charge in [-0.2, -0.15) is 4.98 Å². The van der Waals surface area contributed by atoms with Crippen molar-refractivity contribution in [2.75, 3.05) is 18.4 Å². The Morgan fingerprint density at radius 3 is 2.64 bits per heavy atom. The van der Waals surface area contributed by atoms with Crippen molar-refractivity contribution in [2.24, 2.45) is 0 Å². The first-order valence-corrected chi connectivity index (χ1v) is 7.82. The lowest BCUT2D eigenvalue weighted by molar-refractivity contribution is 0.466. The fraction of sp³-hybridized carbons (Fsp3) is 0.278. The molecule has 4 nitrogen and oxygen atoms in total. The number of benzene rings is 2. The molecular formula is C18H19N3O. The molecule has 2 heterocycles. The van der Waals surface area contributed by atoms with Gasteiger partial charge in [-0.3, -0.25) is 0 Å². The van der Waals surface area contributed by atoms with E-state index in [-0.39, 0.29) is 0 Å². The average molecular weight is 293 g/mol. The lowest BCUT2D eigenvalue weighted by Crippen LogP contribution is -2.35. The zero-order valence-electron chi connectivity index (χ0n) is 12.4. The molecule has 0 saturated carbocycles. The summed E-state index contributed by atoms with van der Waals surface area (Å²) < 4.78 is 6.01. The third kappa shape index (κ3) is 2.57. The molecule has 0 amide bonds. The van der Waals surface area contributed by atoms with Crippen LogP contribution in [0.2, 0.25) is 0 Å². The summed E-state index contributed by atoms with van der Waals surface area (Å²) in [6.07, 6.45) is 2.20. The van der Waals surface area contributed by atoms with Crippen molar-refractivity contribution < 1.29 is 4.42 Å². The van der Waals surface area contributed by atoms with Crippen LogP contribution in [0.5, 0.6) is 0 Å². The van der Waals surface area contributed by atoms with Gasteiger partial charge < -0.3 is 15.1 Å². The maximum absolute atomic E-state index is 6.01. The Balaban J connectivity index is 1.68. The molecule has 4 rings (SSSR count). The van der Waals surface area contributed by atoms with Crippen LogP contribution < -0.4 is 10.6 Å². The van der Waals surface area contributed by atoms with Gasteiger partial charge in [-0.15, -0.1) is 0 Å². The van der Waals surface area contributed by atoms with Crippen LogP contribution in [-0.4, -0.2) is 24.1 Å². The number of oxazole rings is 1. The lowest BCUT2D eigenvalue weighted by atomic mass is 10.1. The molecule has 2 aromatic carbocycles. The predicted octanol–water partition coefficient (Wildman–Crippen LogP) is 3.66. The van der Waals surface area contributed by atoms with Crippen molar-refractivity contribution in [2.45, 2.75) is 18.9 Å². The third-order valence-corrected chi connectivity index (χ3v) is 4.17. The van der Waals surface area contributed by atoms with Crippen LogP contribution >= 0.6 is 0 Å². The molecule has 2 N–H and O–H groups in total. The van der Waals surface area contributed by atoms with E-state index in [0.717, 1.165) is 48.2 Å². The Morgan fingerprint density at radius 1 is 1.00 bits per heavy atom. The number of fused-ring (bicyclic) bond motifs is 1. The maximum atomic E-state index is 6.01. The molecule has 112 valence electrons. The van der Waals surface area contributed by atoms with Gasteiger partial charge >= 0.3 is 0 Å². The summed E-state index contributed by atoms with van der Waals surface area (Å²) in [6.45, 7) is 2.10. The quantitative estimate of drug-likeness (QED) is 0.774. The summed E-state index contributed by atoms with van der Waals surface area (Å²) in [5.74, 6) is 0. The van der Waals surface area contributed by atoms with Crippen LogP contribution in [0, 0.1) is 0 Å². The van der Waals surface area contributed by atoms with Crippen molar-refractivity contribution >= 4 is 17.1 Å². The average Bonchev–Trinajstić information content (AvgIpc) is 2.99. The molecule has 3 aromatic rings. The van der Waals surface area contributed by atoms with Gasteiger partial charge in [0, 0.05) is 11.6 Å². The number of hydrogen-bond donors (Lipinski definition) is 2. The summed E-state index contributed by atoms with van der Waals surface area (Å²) >= 11 is 0. The number of anilines is 1. The summed E-state index contributed by atoms with van der Waals surface area (Å²) in [4.78, 5) is 4.59. The molecule has 22 heavy (non-hydrogen) atoms. The van der Waals surface area contributed by atoms with Gasteiger partial charge in [0.15, 0.2) is 5.58 Å². The topological polar surface area (TPSA) is 50.1 Å². The van der Waals surface area contributed by atoms with Crippen LogP contribution in [0.3, 0.4) is 0 Å². The van der Waals surface area contributed by atoms with Crippen molar-refractivity contribution in [1.29, 1.82) is 0 Å². The number of nitrogens with one attached hydrogen (secondary N) is 2. The van der Waals surface area contributed by atoms with Crippen LogP contribution in [0.25, 0.3) is 22.2 Å². The Labute approximate surface area is 129 Å². The molecule has 1 aliphatic heterocycles. The highest BCUT2D eigenvalue weighted by molar-refractivity contribution is 5.91. The Bertz CT molecular complexity index is 760. The first-order valence-electron chi connectivity index (χ1n) is 7.82. The van der Waals surface area contributed by atoms with Crippen molar-refractivity contribution in [3.8, 4) is 11.1 Å². The first kappa shape index (κ1) is 13.3. The normalized spacial score (nSPS) is 16.0. The van der Waals surface area contributed by atoms with Crippen LogP contribution in [-0.2, 0) is 0 Å². The van der Waals surface area contributed by atoms with Crippen LogP contribution in [0.15, 0.2) is 52.9 Å². The lowest BCUT2D eigenvalue weighted by Gasteiger charge is -2.22. The monoisotopic (exact) mass is 293 g/mol. The third-order valence-electron chi connectivity index (χ3n) is 4.17. The second kappa shape index (κ2) is 5.81. The van der Waals surface area contributed by atoms with Gasteiger partial charge in [0.05, 0.1) is 0 Å². The number of rotatable bonds is 3. The minimum absolute atomic E-state index is 0.439. The Kier molecular flexibility index (Phi) is 3.52. The number of para-hydroxylation sites is 1. The first-order chi connectivity index (χ1) is 10.9.